The molecule has 1 aliphatic rings. The van der Waals surface area contributed by atoms with Crippen LogP contribution in [-0.2, 0) is 4.74 Å². The third kappa shape index (κ3) is 4.10. The molecule has 0 saturated heterocycles. The Hall–Kier alpha value is -0.0800. The maximum atomic E-state index is 6.08. The molecule has 1 aliphatic carbocycles. The Balaban J connectivity index is 2.22. The van der Waals surface area contributed by atoms with E-state index in [0.717, 1.165) is 13.2 Å². The Bertz CT molecular complexity index is 119. The monoisotopic (exact) mass is 185 g/mol. The minimum Gasteiger partial charge on any atom is -0.380 e. The second kappa shape index (κ2) is 6.39. The highest BCUT2D eigenvalue weighted by Crippen LogP contribution is 2.24. The molecule has 1 fully saturated rings. The Morgan fingerprint density at radius 1 is 1.23 bits per heavy atom. The summed E-state index contributed by atoms with van der Waals surface area (Å²) in [4.78, 5) is 0. The molecule has 0 aromatic heterocycles. The molecule has 1 saturated carbocycles. The van der Waals surface area contributed by atoms with Gasteiger partial charge in [0.05, 0.1) is 6.61 Å². The lowest BCUT2D eigenvalue weighted by molar-refractivity contribution is 0.113. The third-order valence-electron chi connectivity index (χ3n) is 3.02. The van der Waals surface area contributed by atoms with Gasteiger partial charge in [-0.3, -0.25) is 0 Å². The van der Waals surface area contributed by atoms with E-state index in [9.17, 15) is 0 Å². The summed E-state index contributed by atoms with van der Waals surface area (Å²) in [5.74, 6) is 0.717. The Kier molecular flexibility index (Phi) is 5.40. The van der Waals surface area contributed by atoms with E-state index in [-0.39, 0.29) is 6.04 Å². The van der Waals surface area contributed by atoms with Gasteiger partial charge in [0.15, 0.2) is 0 Å². The van der Waals surface area contributed by atoms with Crippen LogP contribution < -0.4 is 5.73 Å². The average molecular weight is 185 g/mol. The van der Waals surface area contributed by atoms with Gasteiger partial charge in [-0.25, -0.2) is 0 Å². The molecular weight excluding hydrogens is 162 g/mol. The van der Waals surface area contributed by atoms with Crippen LogP contribution in [0.15, 0.2) is 0 Å². The smallest absolute Gasteiger partial charge is 0.0620 e. The largest absolute Gasteiger partial charge is 0.380 e. The number of rotatable bonds is 4. The van der Waals surface area contributed by atoms with Crippen molar-refractivity contribution in [3.63, 3.8) is 0 Å². The summed E-state index contributed by atoms with van der Waals surface area (Å²) < 4.78 is 5.36. The van der Waals surface area contributed by atoms with Crippen molar-refractivity contribution < 1.29 is 4.74 Å². The van der Waals surface area contributed by atoms with Crippen LogP contribution >= 0.6 is 0 Å². The van der Waals surface area contributed by atoms with E-state index >= 15 is 0 Å². The topological polar surface area (TPSA) is 35.2 Å². The van der Waals surface area contributed by atoms with E-state index in [4.69, 9.17) is 10.5 Å². The number of nitrogens with two attached hydrogens (primary N) is 1. The fourth-order valence-corrected chi connectivity index (χ4v) is 2.13. The predicted molar refractivity (Wildman–Crippen MR) is 55.7 cm³/mol. The summed E-state index contributed by atoms with van der Waals surface area (Å²) in [6, 6.07) is 0.276. The van der Waals surface area contributed by atoms with Gasteiger partial charge in [-0.05, 0) is 25.7 Å². The lowest BCUT2D eigenvalue weighted by Gasteiger charge is -2.21. The van der Waals surface area contributed by atoms with E-state index in [1.165, 1.54) is 38.5 Å². The highest BCUT2D eigenvalue weighted by atomic mass is 16.5. The summed E-state index contributed by atoms with van der Waals surface area (Å²) in [5.41, 5.74) is 6.08. The highest BCUT2D eigenvalue weighted by Gasteiger charge is 2.19. The molecule has 0 spiro atoms. The molecule has 2 nitrogen and oxygen atoms in total. The molecule has 0 bridgehead atoms. The zero-order valence-electron chi connectivity index (χ0n) is 8.80. The molecule has 0 aromatic carbocycles. The van der Waals surface area contributed by atoms with Crippen LogP contribution in [0.3, 0.4) is 0 Å². The second-order valence-electron chi connectivity index (χ2n) is 4.07. The molecule has 1 rings (SSSR count). The van der Waals surface area contributed by atoms with Gasteiger partial charge < -0.3 is 10.5 Å². The molecule has 0 aliphatic heterocycles. The molecule has 78 valence electrons. The van der Waals surface area contributed by atoms with Crippen molar-refractivity contribution in [3.8, 4) is 0 Å². The molecule has 0 radical (unpaired) electrons. The van der Waals surface area contributed by atoms with Gasteiger partial charge in [-0.2, -0.15) is 0 Å². The van der Waals surface area contributed by atoms with Crippen LogP contribution in [0.1, 0.15) is 45.4 Å². The van der Waals surface area contributed by atoms with Crippen molar-refractivity contribution in [2.45, 2.75) is 51.5 Å². The summed E-state index contributed by atoms with van der Waals surface area (Å²) in [6.45, 7) is 3.57. The summed E-state index contributed by atoms with van der Waals surface area (Å²) >= 11 is 0. The minimum absolute atomic E-state index is 0.276. The van der Waals surface area contributed by atoms with Crippen LogP contribution in [0.4, 0.5) is 0 Å². The van der Waals surface area contributed by atoms with Crippen LogP contribution in [0.25, 0.3) is 0 Å². The van der Waals surface area contributed by atoms with E-state index in [2.05, 4.69) is 0 Å². The Morgan fingerprint density at radius 3 is 2.38 bits per heavy atom. The fraction of sp³-hybridized carbons (Fsp3) is 1.00. The first-order chi connectivity index (χ1) is 6.34. The standard InChI is InChI=1S/C11H23NO/c1-2-13-9-11(12)10-7-5-3-4-6-8-10/h10-11H,2-9,12H2,1H3. The summed E-state index contributed by atoms with van der Waals surface area (Å²) in [5, 5.41) is 0. The Morgan fingerprint density at radius 2 is 1.85 bits per heavy atom. The first-order valence-corrected chi connectivity index (χ1v) is 5.68. The predicted octanol–water partition coefficient (Wildman–Crippen LogP) is 2.32. The van der Waals surface area contributed by atoms with E-state index < -0.39 is 0 Å². The van der Waals surface area contributed by atoms with Crippen molar-refractivity contribution >= 4 is 0 Å². The lowest BCUT2D eigenvalue weighted by Crippen LogP contribution is -2.34. The highest BCUT2D eigenvalue weighted by molar-refractivity contribution is 4.74. The molecule has 13 heavy (non-hydrogen) atoms. The average Bonchev–Trinajstić information content (AvgIpc) is 2.42. The first-order valence-electron chi connectivity index (χ1n) is 5.68. The van der Waals surface area contributed by atoms with Gasteiger partial charge in [0.25, 0.3) is 0 Å². The van der Waals surface area contributed by atoms with E-state index in [1.54, 1.807) is 0 Å². The minimum atomic E-state index is 0.276. The quantitative estimate of drug-likeness (QED) is 0.682. The molecule has 0 amide bonds. The van der Waals surface area contributed by atoms with Crippen molar-refractivity contribution in [3.05, 3.63) is 0 Å². The molecular formula is C11H23NO. The molecule has 1 atom stereocenters. The first kappa shape index (κ1) is 11.0. The van der Waals surface area contributed by atoms with Gasteiger partial charge >= 0.3 is 0 Å². The van der Waals surface area contributed by atoms with Crippen molar-refractivity contribution in [1.82, 2.24) is 0 Å². The van der Waals surface area contributed by atoms with Crippen molar-refractivity contribution in [2.75, 3.05) is 13.2 Å². The summed E-state index contributed by atoms with van der Waals surface area (Å²) in [7, 11) is 0. The van der Waals surface area contributed by atoms with Gasteiger partial charge in [-0.15, -0.1) is 0 Å². The SMILES string of the molecule is CCOCC(N)C1CCCCCC1. The van der Waals surface area contributed by atoms with Gasteiger partial charge in [0.2, 0.25) is 0 Å². The molecule has 0 heterocycles. The Labute approximate surface area is 81.8 Å². The molecule has 2 heteroatoms. The fourth-order valence-electron chi connectivity index (χ4n) is 2.13. The number of hydrogen-bond donors (Lipinski definition) is 1. The summed E-state index contributed by atoms with van der Waals surface area (Å²) in [6.07, 6.45) is 8.16. The second-order valence-corrected chi connectivity index (χ2v) is 4.07. The maximum absolute atomic E-state index is 6.08. The van der Waals surface area contributed by atoms with Crippen LogP contribution in [0.5, 0.6) is 0 Å². The van der Waals surface area contributed by atoms with Crippen molar-refractivity contribution in [2.24, 2.45) is 11.7 Å². The molecule has 2 N–H and O–H groups in total. The number of ether oxygens (including phenoxy) is 1. The zero-order chi connectivity index (χ0) is 9.52. The molecule has 1 unspecified atom stereocenters. The molecule has 0 aromatic rings. The van der Waals surface area contributed by atoms with Crippen LogP contribution in [0, 0.1) is 5.92 Å². The number of hydrogen-bond acceptors (Lipinski definition) is 2. The van der Waals surface area contributed by atoms with Gasteiger partial charge in [0, 0.05) is 12.6 Å². The van der Waals surface area contributed by atoms with Crippen molar-refractivity contribution in [1.29, 1.82) is 0 Å². The zero-order valence-corrected chi connectivity index (χ0v) is 8.80. The van der Waals surface area contributed by atoms with Crippen LogP contribution in [0.2, 0.25) is 0 Å². The third-order valence-corrected chi connectivity index (χ3v) is 3.02. The van der Waals surface area contributed by atoms with Gasteiger partial charge in [-0.1, -0.05) is 25.7 Å². The van der Waals surface area contributed by atoms with E-state index in [1.807, 2.05) is 6.92 Å². The normalized spacial score (nSPS) is 22.6. The van der Waals surface area contributed by atoms with Crippen LogP contribution in [-0.4, -0.2) is 19.3 Å². The lowest BCUT2D eigenvalue weighted by atomic mass is 9.93. The van der Waals surface area contributed by atoms with Gasteiger partial charge in [0.1, 0.15) is 0 Å². The van der Waals surface area contributed by atoms with E-state index in [0.29, 0.717) is 5.92 Å². The maximum Gasteiger partial charge on any atom is 0.0620 e.